The normalized spacial score (nSPS) is 14.9. The fraction of sp³-hybridized carbons (Fsp3) is 0.442. The molecule has 5 rings (SSSR count). The molecule has 0 N–H and O–H groups in total. The standard InChI is InChI=1S/C43H51ClN6O8/c1-4-42(51)55-22-20-49(21-23-56-43(52)5-2)33-16-18-36(30(3)24-33)45-47-38-26-41(58-29-32-14-10-7-11-15-32)39(27-40(38)57-28-31-12-8-6-9-13-31)48-46-37-19-17-34(50(53)54)25-35(37)44/h4-5,16-19,24-27,31-32H,1-2,6-15,20-23,28-29H2,3H3/b47-45+,48-46+. The maximum atomic E-state index is 11.7. The minimum Gasteiger partial charge on any atom is -0.491 e. The second-order valence-electron chi connectivity index (χ2n) is 14.4. The van der Waals surface area contributed by atoms with Crippen molar-refractivity contribution in [2.45, 2.75) is 71.1 Å². The summed E-state index contributed by atoms with van der Waals surface area (Å²) in [5.74, 6) is 0.663. The van der Waals surface area contributed by atoms with Crippen molar-refractivity contribution in [3.05, 3.63) is 94.5 Å². The third kappa shape index (κ3) is 13.2. The summed E-state index contributed by atoms with van der Waals surface area (Å²) in [6.45, 7) is 10.7. The molecule has 0 amide bonds. The van der Waals surface area contributed by atoms with Gasteiger partial charge in [-0.05, 0) is 74.3 Å². The van der Waals surface area contributed by atoms with Crippen LogP contribution < -0.4 is 14.4 Å². The van der Waals surface area contributed by atoms with Crippen LogP contribution in [0.25, 0.3) is 0 Å². The molecule has 14 nitrogen and oxygen atoms in total. The number of hydrogen-bond acceptors (Lipinski definition) is 13. The second kappa shape index (κ2) is 22.3. The number of nitro benzene ring substituents is 1. The Labute approximate surface area is 344 Å². The molecule has 0 unspecified atom stereocenters. The molecule has 0 atom stereocenters. The number of nitro groups is 1. The van der Waals surface area contributed by atoms with Gasteiger partial charge >= 0.3 is 11.9 Å². The summed E-state index contributed by atoms with van der Waals surface area (Å²) >= 11 is 6.37. The minimum atomic E-state index is -0.528. The lowest BCUT2D eigenvalue weighted by Gasteiger charge is -2.25. The highest BCUT2D eigenvalue weighted by Crippen LogP contribution is 2.43. The molecule has 0 heterocycles. The van der Waals surface area contributed by atoms with Gasteiger partial charge < -0.3 is 23.8 Å². The Balaban J connectivity index is 1.46. The zero-order valence-corrected chi connectivity index (χ0v) is 33.7. The van der Waals surface area contributed by atoms with E-state index < -0.39 is 16.9 Å². The van der Waals surface area contributed by atoms with Crippen LogP contribution in [0.3, 0.4) is 0 Å². The summed E-state index contributed by atoms with van der Waals surface area (Å²) in [5, 5.41) is 29.6. The van der Waals surface area contributed by atoms with Gasteiger partial charge in [0, 0.05) is 42.1 Å². The molecule has 0 spiro atoms. The van der Waals surface area contributed by atoms with Crippen molar-refractivity contribution in [3.63, 3.8) is 0 Å². The van der Waals surface area contributed by atoms with Crippen LogP contribution >= 0.6 is 11.6 Å². The van der Waals surface area contributed by atoms with Crippen LogP contribution in [0.5, 0.6) is 11.5 Å². The molecule has 0 bridgehead atoms. The highest BCUT2D eigenvalue weighted by atomic mass is 35.5. The van der Waals surface area contributed by atoms with Gasteiger partial charge in [0.05, 0.1) is 41.9 Å². The number of rotatable bonds is 20. The number of esters is 2. The van der Waals surface area contributed by atoms with Gasteiger partial charge in [-0.3, -0.25) is 10.1 Å². The first-order valence-electron chi connectivity index (χ1n) is 19.8. The second-order valence-corrected chi connectivity index (χ2v) is 14.8. The fourth-order valence-electron chi connectivity index (χ4n) is 6.90. The molecule has 2 aliphatic rings. The highest BCUT2D eigenvalue weighted by Gasteiger charge is 2.20. The van der Waals surface area contributed by atoms with Gasteiger partial charge in [0.25, 0.3) is 5.69 Å². The first-order valence-corrected chi connectivity index (χ1v) is 20.2. The van der Waals surface area contributed by atoms with Crippen LogP contribution in [0.15, 0.2) is 94.3 Å². The van der Waals surface area contributed by atoms with Crippen molar-refractivity contribution in [3.8, 4) is 11.5 Å². The van der Waals surface area contributed by atoms with Crippen molar-refractivity contribution in [2.24, 2.45) is 32.3 Å². The molecule has 0 radical (unpaired) electrons. The lowest BCUT2D eigenvalue weighted by Crippen LogP contribution is -2.32. The maximum Gasteiger partial charge on any atom is 0.330 e. The van der Waals surface area contributed by atoms with E-state index in [0.717, 1.165) is 74.8 Å². The quantitative estimate of drug-likeness (QED) is 0.0354. The Morgan fingerprint density at radius 1 is 0.741 bits per heavy atom. The number of anilines is 1. The Morgan fingerprint density at radius 2 is 1.22 bits per heavy atom. The number of carbonyl (C=O) groups excluding carboxylic acids is 2. The molecule has 0 aliphatic heterocycles. The number of azo groups is 2. The van der Waals surface area contributed by atoms with Crippen LogP contribution in [0.1, 0.15) is 69.8 Å². The number of halogens is 1. The zero-order valence-electron chi connectivity index (χ0n) is 33.0. The molecule has 3 aromatic rings. The Hall–Kier alpha value is -5.63. The van der Waals surface area contributed by atoms with Gasteiger partial charge in [0.1, 0.15) is 41.8 Å². The van der Waals surface area contributed by atoms with Crippen molar-refractivity contribution in [2.75, 3.05) is 44.4 Å². The van der Waals surface area contributed by atoms with E-state index in [0.29, 0.717) is 66.7 Å². The van der Waals surface area contributed by atoms with Gasteiger partial charge in [-0.2, -0.15) is 5.11 Å². The van der Waals surface area contributed by atoms with Crippen molar-refractivity contribution >= 4 is 57.7 Å². The summed E-state index contributed by atoms with van der Waals surface area (Å²) < 4.78 is 23.3. The number of nitrogens with zero attached hydrogens (tertiary/aromatic N) is 6. The molecule has 58 heavy (non-hydrogen) atoms. The SMILES string of the molecule is C=CC(=O)OCCN(CCOC(=O)C=C)c1ccc(/N=N/c2cc(OCC3CCCCC3)c(/N=N/c3ccc([N+](=O)[O-])cc3Cl)cc2OCC2CCCCC2)c(C)c1. The largest absolute Gasteiger partial charge is 0.491 e. The number of carbonyl (C=O) groups is 2. The molecule has 2 saturated carbocycles. The van der Waals surface area contributed by atoms with E-state index in [-0.39, 0.29) is 29.6 Å². The molecular formula is C43H51ClN6O8. The molecule has 2 aliphatic carbocycles. The molecule has 15 heteroatoms. The van der Waals surface area contributed by atoms with Crippen LogP contribution in [-0.4, -0.2) is 56.4 Å². The number of ether oxygens (including phenoxy) is 4. The third-order valence-electron chi connectivity index (χ3n) is 10.2. The molecule has 0 aromatic heterocycles. The zero-order chi connectivity index (χ0) is 41.3. The lowest BCUT2D eigenvalue weighted by molar-refractivity contribution is -0.384. The van der Waals surface area contributed by atoms with Gasteiger partial charge in [-0.1, -0.05) is 63.3 Å². The summed E-state index contributed by atoms with van der Waals surface area (Å²) in [4.78, 5) is 36.0. The van der Waals surface area contributed by atoms with Crippen molar-refractivity contribution < 1.29 is 33.5 Å². The maximum absolute atomic E-state index is 11.7. The van der Waals surface area contributed by atoms with Crippen molar-refractivity contribution in [1.29, 1.82) is 0 Å². The summed E-state index contributed by atoms with van der Waals surface area (Å²) in [7, 11) is 0. The lowest BCUT2D eigenvalue weighted by atomic mass is 9.90. The summed E-state index contributed by atoms with van der Waals surface area (Å²) in [5.41, 5.74) is 3.22. The van der Waals surface area contributed by atoms with Crippen molar-refractivity contribution in [1.82, 2.24) is 0 Å². The Bertz CT molecular complexity index is 1950. The molecular weight excluding hydrogens is 764 g/mol. The topological polar surface area (TPSA) is 167 Å². The predicted molar refractivity (Wildman–Crippen MR) is 223 cm³/mol. The number of aryl methyl sites for hydroxylation is 1. The fourth-order valence-corrected chi connectivity index (χ4v) is 7.12. The van der Waals surface area contributed by atoms with Gasteiger partial charge in [-0.25, -0.2) is 9.59 Å². The first-order chi connectivity index (χ1) is 28.1. The van der Waals surface area contributed by atoms with Gasteiger partial charge in [-0.15, -0.1) is 15.3 Å². The molecule has 308 valence electrons. The number of benzene rings is 3. The third-order valence-corrected chi connectivity index (χ3v) is 10.5. The molecule has 3 aromatic carbocycles. The molecule has 0 saturated heterocycles. The monoisotopic (exact) mass is 814 g/mol. The van der Waals surface area contributed by atoms with E-state index in [1.807, 2.05) is 30.0 Å². The van der Waals surface area contributed by atoms with Crippen LogP contribution in [-0.2, 0) is 19.1 Å². The summed E-state index contributed by atoms with van der Waals surface area (Å²) in [6.07, 6.45) is 13.6. The Kier molecular flexibility index (Phi) is 16.8. The van der Waals surface area contributed by atoms with E-state index in [4.69, 9.17) is 35.7 Å². The van der Waals surface area contributed by atoms with E-state index in [1.54, 1.807) is 12.1 Å². The van der Waals surface area contributed by atoms with E-state index >= 15 is 0 Å². The number of hydrogen-bond donors (Lipinski definition) is 0. The first kappa shape index (κ1) is 43.5. The van der Waals surface area contributed by atoms with E-state index in [9.17, 15) is 19.7 Å². The minimum absolute atomic E-state index is 0.0959. The van der Waals surface area contributed by atoms with Crippen LogP contribution in [0.4, 0.5) is 34.1 Å². The average molecular weight is 815 g/mol. The number of non-ortho nitro benzene ring substituents is 1. The average Bonchev–Trinajstić information content (AvgIpc) is 3.24. The summed E-state index contributed by atoms with van der Waals surface area (Å²) in [6, 6.07) is 13.2. The van der Waals surface area contributed by atoms with Gasteiger partial charge in [0.2, 0.25) is 0 Å². The van der Waals surface area contributed by atoms with E-state index in [2.05, 4.69) is 28.5 Å². The van der Waals surface area contributed by atoms with E-state index in [1.165, 1.54) is 31.0 Å². The van der Waals surface area contributed by atoms with Gasteiger partial charge in [0.15, 0.2) is 0 Å². The predicted octanol–water partition coefficient (Wildman–Crippen LogP) is 11.6. The van der Waals surface area contributed by atoms with Crippen LogP contribution in [0, 0.1) is 28.9 Å². The smallest absolute Gasteiger partial charge is 0.330 e. The molecule has 2 fully saturated rings. The van der Waals surface area contributed by atoms with Crippen LogP contribution in [0.2, 0.25) is 5.02 Å². The highest BCUT2D eigenvalue weighted by molar-refractivity contribution is 6.33. The Morgan fingerprint density at radius 3 is 1.69 bits per heavy atom.